The summed E-state index contributed by atoms with van der Waals surface area (Å²) in [7, 11) is 0. The van der Waals surface area contributed by atoms with Gasteiger partial charge in [-0.2, -0.15) is 9.61 Å². The van der Waals surface area contributed by atoms with Gasteiger partial charge in [-0.25, -0.2) is 9.78 Å². The van der Waals surface area contributed by atoms with Crippen LogP contribution >= 0.6 is 11.6 Å². The largest absolute Gasteiger partial charge is 0.456 e. The third-order valence-electron chi connectivity index (χ3n) is 4.49. The summed E-state index contributed by atoms with van der Waals surface area (Å²) in [5.41, 5.74) is 1.91. The Morgan fingerprint density at radius 3 is 2.37 bits per heavy atom. The van der Waals surface area contributed by atoms with Crippen LogP contribution in [-0.2, 0) is 4.74 Å². The van der Waals surface area contributed by atoms with E-state index in [0.717, 1.165) is 5.69 Å². The Morgan fingerprint density at radius 2 is 1.71 bits per heavy atom. The third kappa shape index (κ3) is 6.58. The van der Waals surface area contributed by atoms with Crippen molar-refractivity contribution >= 4 is 52.5 Å². The smallest absolute Gasteiger partial charge is 0.338 e. The molecule has 2 aromatic heterocycles. The Labute approximate surface area is 209 Å². The highest BCUT2D eigenvalue weighted by Crippen LogP contribution is 2.26. The molecular weight excluding hydrogens is 466 g/mol. The molecule has 0 saturated carbocycles. The molecule has 2 heterocycles. The normalized spacial score (nSPS) is 10.8. The zero-order valence-corrected chi connectivity index (χ0v) is 21.1. The van der Waals surface area contributed by atoms with E-state index >= 15 is 0 Å². The first kappa shape index (κ1) is 25.7. The molecule has 4 rings (SSSR count). The van der Waals surface area contributed by atoms with Crippen molar-refractivity contribution in [2.75, 3.05) is 10.6 Å². The maximum Gasteiger partial charge on any atom is 0.338 e. The average molecular weight is 494 g/mol. The fraction of sp³-hybridized carbons (Fsp3) is 0.231. The summed E-state index contributed by atoms with van der Waals surface area (Å²) in [6.07, 6.45) is 2.15. The molecule has 8 nitrogen and oxygen atoms in total. The number of anilines is 4. The van der Waals surface area contributed by atoms with E-state index in [0.29, 0.717) is 45.4 Å². The number of aromatic nitrogens is 3. The van der Waals surface area contributed by atoms with E-state index in [2.05, 4.69) is 20.7 Å². The van der Waals surface area contributed by atoms with Gasteiger partial charge in [-0.05, 0) is 57.2 Å². The van der Waals surface area contributed by atoms with Crippen molar-refractivity contribution in [2.24, 2.45) is 0 Å². The number of nitrogens with zero attached hydrogens (tertiary/aromatic N) is 3. The molecule has 2 aromatic carbocycles. The van der Waals surface area contributed by atoms with Crippen LogP contribution in [0.4, 0.5) is 23.0 Å². The van der Waals surface area contributed by atoms with E-state index in [9.17, 15) is 9.59 Å². The van der Waals surface area contributed by atoms with E-state index in [4.69, 9.17) is 16.3 Å². The molecule has 0 bridgehead atoms. The molecule has 35 heavy (non-hydrogen) atoms. The van der Waals surface area contributed by atoms with Gasteiger partial charge in [-0.1, -0.05) is 37.6 Å². The number of esters is 1. The van der Waals surface area contributed by atoms with E-state index in [1.165, 1.54) is 10.7 Å². The molecule has 0 fully saturated rings. The van der Waals surface area contributed by atoms with Crippen LogP contribution in [0.15, 0.2) is 60.8 Å². The summed E-state index contributed by atoms with van der Waals surface area (Å²) in [6, 6.07) is 15.9. The fourth-order valence-corrected chi connectivity index (χ4v) is 3.33. The van der Waals surface area contributed by atoms with Gasteiger partial charge in [0.25, 0.3) is 0 Å². The number of hydrogen-bond acceptors (Lipinski definition) is 7. The zero-order valence-electron chi connectivity index (χ0n) is 20.3. The molecule has 0 aliphatic heterocycles. The van der Waals surface area contributed by atoms with E-state index < -0.39 is 11.6 Å². The van der Waals surface area contributed by atoms with Gasteiger partial charge in [-0.15, -0.1) is 0 Å². The quantitative estimate of drug-likeness (QED) is 0.229. The van der Waals surface area contributed by atoms with Crippen molar-refractivity contribution in [3.63, 3.8) is 0 Å². The maximum absolute atomic E-state index is 12.5. The molecule has 0 aliphatic carbocycles. The highest BCUT2D eigenvalue weighted by atomic mass is 35.5. The molecule has 0 unspecified atom stereocenters. The Kier molecular flexibility index (Phi) is 8.09. The molecule has 0 radical (unpaired) electrons. The van der Waals surface area contributed by atoms with Gasteiger partial charge < -0.3 is 15.4 Å². The standard InChI is InChI=1S/C24H22ClN5O3.C2H6/c1-24(2,3)33-23(32)15-6-4-8-18(10-15)28-21-12-20(27-19-9-5-7-17(25)11-19)29-22-16(14-31)13-26-30(21)22;1-2/h4-14,28H,1-3H3,(H,27,29);1-2H3. The van der Waals surface area contributed by atoms with E-state index in [1.54, 1.807) is 36.4 Å². The van der Waals surface area contributed by atoms with Crippen molar-refractivity contribution < 1.29 is 14.3 Å². The van der Waals surface area contributed by atoms with Crippen LogP contribution in [0.25, 0.3) is 5.65 Å². The number of ether oxygens (including phenoxy) is 1. The fourth-order valence-electron chi connectivity index (χ4n) is 3.14. The molecule has 0 atom stereocenters. The van der Waals surface area contributed by atoms with Gasteiger partial charge in [-0.3, -0.25) is 4.79 Å². The first-order valence-electron chi connectivity index (χ1n) is 11.2. The number of aldehydes is 1. The minimum Gasteiger partial charge on any atom is -0.456 e. The predicted octanol–water partition coefficient (Wildman–Crippen LogP) is 6.66. The number of hydrogen-bond donors (Lipinski definition) is 2. The first-order valence-corrected chi connectivity index (χ1v) is 11.6. The van der Waals surface area contributed by atoms with Crippen molar-refractivity contribution in [3.8, 4) is 0 Å². The average Bonchev–Trinajstić information content (AvgIpc) is 3.23. The Balaban J connectivity index is 0.00000167. The summed E-state index contributed by atoms with van der Waals surface area (Å²) < 4.78 is 6.98. The molecule has 9 heteroatoms. The SMILES string of the molecule is CC.CC(C)(C)OC(=O)c1cccc(Nc2cc(Nc3cccc(Cl)c3)nc3c(C=O)cnn23)c1. The highest BCUT2D eigenvalue weighted by Gasteiger charge is 2.18. The minimum absolute atomic E-state index is 0.343. The van der Waals surface area contributed by atoms with Crippen molar-refractivity contribution in [3.05, 3.63) is 76.9 Å². The first-order chi connectivity index (χ1) is 16.7. The second-order valence-corrected chi connectivity index (χ2v) is 8.76. The molecular formula is C26H28ClN5O3. The lowest BCUT2D eigenvalue weighted by Crippen LogP contribution is -2.23. The van der Waals surface area contributed by atoms with Crippen molar-refractivity contribution in [1.29, 1.82) is 0 Å². The van der Waals surface area contributed by atoms with Crippen LogP contribution in [0.5, 0.6) is 0 Å². The second-order valence-electron chi connectivity index (χ2n) is 8.32. The van der Waals surface area contributed by atoms with Crippen molar-refractivity contribution in [1.82, 2.24) is 14.6 Å². The monoisotopic (exact) mass is 493 g/mol. The molecule has 0 aliphatic rings. The Hall–Kier alpha value is -3.91. The Morgan fingerprint density at radius 1 is 1.03 bits per heavy atom. The van der Waals surface area contributed by atoms with Gasteiger partial charge in [0, 0.05) is 22.5 Å². The molecule has 2 N–H and O–H groups in total. The number of benzene rings is 2. The zero-order chi connectivity index (χ0) is 25.6. The van der Waals surface area contributed by atoms with Crippen LogP contribution in [-0.4, -0.2) is 32.5 Å². The van der Waals surface area contributed by atoms with Crippen molar-refractivity contribution in [2.45, 2.75) is 40.2 Å². The number of fused-ring (bicyclic) bond motifs is 1. The van der Waals surface area contributed by atoms with Crippen LogP contribution in [0.2, 0.25) is 5.02 Å². The summed E-state index contributed by atoms with van der Waals surface area (Å²) in [5, 5.41) is 11.3. The third-order valence-corrected chi connectivity index (χ3v) is 4.73. The lowest BCUT2D eigenvalue weighted by molar-refractivity contribution is 0.00695. The Bertz CT molecular complexity index is 1340. The lowest BCUT2D eigenvalue weighted by atomic mass is 10.1. The number of rotatable bonds is 6. The molecule has 0 spiro atoms. The summed E-state index contributed by atoms with van der Waals surface area (Å²) in [4.78, 5) is 28.5. The van der Waals surface area contributed by atoms with Crippen LogP contribution < -0.4 is 10.6 Å². The predicted molar refractivity (Wildman–Crippen MR) is 139 cm³/mol. The number of halogens is 1. The van der Waals surface area contributed by atoms with Crippen LogP contribution in [0.1, 0.15) is 55.3 Å². The maximum atomic E-state index is 12.5. The number of carbonyl (C=O) groups is 2. The number of nitrogens with one attached hydrogen (secondary N) is 2. The highest BCUT2D eigenvalue weighted by molar-refractivity contribution is 6.30. The van der Waals surface area contributed by atoms with E-state index in [-0.39, 0.29) is 0 Å². The molecule has 182 valence electrons. The summed E-state index contributed by atoms with van der Waals surface area (Å²) in [6.45, 7) is 9.45. The van der Waals surface area contributed by atoms with Crippen LogP contribution in [0.3, 0.4) is 0 Å². The van der Waals surface area contributed by atoms with Gasteiger partial charge >= 0.3 is 5.97 Å². The summed E-state index contributed by atoms with van der Waals surface area (Å²) >= 11 is 6.08. The van der Waals surface area contributed by atoms with Gasteiger partial charge in [0.1, 0.15) is 17.2 Å². The summed E-state index contributed by atoms with van der Waals surface area (Å²) in [5.74, 6) is 0.606. The van der Waals surface area contributed by atoms with Crippen LogP contribution in [0, 0.1) is 0 Å². The van der Waals surface area contributed by atoms with Gasteiger partial charge in [0.05, 0.1) is 17.3 Å². The van der Waals surface area contributed by atoms with Gasteiger partial charge in [0.2, 0.25) is 0 Å². The molecule has 0 saturated heterocycles. The number of carbonyl (C=O) groups excluding carboxylic acids is 2. The molecule has 4 aromatic rings. The minimum atomic E-state index is -0.598. The van der Waals surface area contributed by atoms with Gasteiger partial charge in [0.15, 0.2) is 11.9 Å². The van der Waals surface area contributed by atoms with E-state index in [1.807, 2.05) is 52.8 Å². The lowest BCUT2D eigenvalue weighted by Gasteiger charge is -2.19. The topological polar surface area (TPSA) is 97.6 Å². The molecule has 0 amide bonds. The second kappa shape index (κ2) is 11.0.